The second-order valence-corrected chi connectivity index (χ2v) is 4.64. The van der Waals surface area contributed by atoms with E-state index in [-0.39, 0.29) is 5.82 Å². The molecule has 0 fully saturated rings. The summed E-state index contributed by atoms with van der Waals surface area (Å²) >= 11 is 0. The molecule has 0 saturated carbocycles. The summed E-state index contributed by atoms with van der Waals surface area (Å²) in [5.41, 5.74) is 3.07. The fourth-order valence-electron chi connectivity index (χ4n) is 1.99. The Labute approximate surface area is 113 Å². The highest BCUT2D eigenvalue weighted by atomic mass is 19.1. The number of rotatable bonds is 4. The fraction of sp³-hybridized carbons (Fsp3) is 0.250. The van der Waals surface area contributed by atoms with Crippen LogP contribution in [0.2, 0.25) is 0 Å². The van der Waals surface area contributed by atoms with Crippen LogP contribution in [-0.4, -0.2) is 7.05 Å². The lowest BCUT2D eigenvalue weighted by Crippen LogP contribution is -2.05. The molecule has 2 rings (SSSR count). The topological polar surface area (TPSA) is 21.3 Å². The first-order valence-corrected chi connectivity index (χ1v) is 6.28. The molecule has 19 heavy (non-hydrogen) atoms. The molecule has 0 atom stereocenters. The maximum absolute atomic E-state index is 13.0. The van der Waals surface area contributed by atoms with E-state index in [4.69, 9.17) is 4.74 Å². The molecule has 0 unspecified atom stereocenters. The van der Waals surface area contributed by atoms with Gasteiger partial charge in [0.25, 0.3) is 0 Å². The van der Waals surface area contributed by atoms with Crippen LogP contribution < -0.4 is 10.1 Å². The molecule has 0 aliphatic rings. The minimum Gasteiger partial charge on any atom is -0.457 e. The average molecular weight is 259 g/mol. The van der Waals surface area contributed by atoms with Gasteiger partial charge >= 0.3 is 0 Å². The fourth-order valence-corrected chi connectivity index (χ4v) is 1.99. The van der Waals surface area contributed by atoms with Crippen LogP contribution in [-0.2, 0) is 6.54 Å². The third kappa shape index (κ3) is 3.32. The Hall–Kier alpha value is -1.87. The van der Waals surface area contributed by atoms with Crippen LogP contribution in [0.5, 0.6) is 11.5 Å². The summed E-state index contributed by atoms with van der Waals surface area (Å²) in [4.78, 5) is 0. The number of benzene rings is 2. The van der Waals surface area contributed by atoms with E-state index < -0.39 is 0 Å². The molecule has 2 nitrogen and oxygen atoms in total. The van der Waals surface area contributed by atoms with Crippen LogP contribution in [0.1, 0.15) is 16.7 Å². The van der Waals surface area contributed by atoms with E-state index in [1.54, 1.807) is 6.07 Å². The van der Waals surface area contributed by atoms with Gasteiger partial charge in [-0.15, -0.1) is 0 Å². The van der Waals surface area contributed by atoms with Gasteiger partial charge < -0.3 is 10.1 Å². The lowest BCUT2D eigenvalue weighted by Gasteiger charge is -2.12. The normalized spacial score (nSPS) is 10.5. The number of ether oxygens (including phenoxy) is 1. The molecular formula is C16H18FNO. The molecule has 0 aliphatic heterocycles. The SMILES string of the molecule is CNCc1ccc(Oc2ccc(F)cc2C)c(C)c1. The molecule has 3 heteroatoms. The Kier molecular flexibility index (Phi) is 4.17. The van der Waals surface area contributed by atoms with Gasteiger partial charge in [-0.1, -0.05) is 12.1 Å². The smallest absolute Gasteiger partial charge is 0.130 e. The first kappa shape index (κ1) is 13.6. The van der Waals surface area contributed by atoms with E-state index >= 15 is 0 Å². The Morgan fingerprint density at radius 1 is 1.00 bits per heavy atom. The Balaban J connectivity index is 2.23. The van der Waals surface area contributed by atoms with E-state index in [1.165, 1.54) is 17.7 Å². The molecule has 0 radical (unpaired) electrons. The first-order valence-electron chi connectivity index (χ1n) is 6.28. The van der Waals surface area contributed by atoms with Crippen LogP contribution in [0, 0.1) is 19.7 Å². The highest BCUT2D eigenvalue weighted by molar-refractivity contribution is 5.42. The van der Waals surface area contributed by atoms with Gasteiger partial charge in [-0.2, -0.15) is 0 Å². The maximum atomic E-state index is 13.0. The van der Waals surface area contributed by atoms with Gasteiger partial charge in [-0.05, 0) is 61.9 Å². The average Bonchev–Trinajstić information content (AvgIpc) is 2.36. The van der Waals surface area contributed by atoms with Crippen LogP contribution in [0.3, 0.4) is 0 Å². The van der Waals surface area contributed by atoms with Crippen LogP contribution >= 0.6 is 0 Å². The summed E-state index contributed by atoms with van der Waals surface area (Å²) in [5, 5.41) is 3.11. The summed E-state index contributed by atoms with van der Waals surface area (Å²) < 4.78 is 18.9. The highest BCUT2D eigenvalue weighted by Crippen LogP contribution is 2.28. The molecule has 0 amide bonds. The van der Waals surface area contributed by atoms with Gasteiger partial charge in [0.1, 0.15) is 17.3 Å². The van der Waals surface area contributed by atoms with Gasteiger partial charge in [0.15, 0.2) is 0 Å². The van der Waals surface area contributed by atoms with Crippen LogP contribution in [0.25, 0.3) is 0 Å². The molecule has 0 aromatic heterocycles. The van der Waals surface area contributed by atoms with Gasteiger partial charge in [-0.25, -0.2) is 4.39 Å². The van der Waals surface area contributed by atoms with E-state index in [0.717, 1.165) is 23.4 Å². The summed E-state index contributed by atoms with van der Waals surface area (Å²) in [6, 6.07) is 10.6. The summed E-state index contributed by atoms with van der Waals surface area (Å²) in [6.07, 6.45) is 0. The third-order valence-electron chi connectivity index (χ3n) is 2.98. The van der Waals surface area contributed by atoms with Crippen molar-refractivity contribution in [1.82, 2.24) is 5.32 Å². The minimum atomic E-state index is -0.244. The zero-order valence-electron chi connectivity index (χ0n) is 11.5. The lowest BCUT2D eigenvalue weighted by molar-refractivity contribution is 0.472. The number of halogens is 1. The van der Waals surface area contributed by atoms with E-state index in [9.17, 15) is 4.39 Å². The van der Waals surface area contributed by atoms with Crippen molar-refractivity contribution in [2.45, 2.75) is 20.4 Å². The van der Waals surface area contributed by atoms with Crippen LogP contribution in [0.15, 0.2) is 36.4 Å². The minimum absolute atomic E-state index is 0.244. The van der Waals surface area contributed by atoms with Crippen molar-refractivity contribution in [1.29, 1.82) is 0 Å². The van der Waals surface area contributed by atoms with Crippen molar-refractivity contribution in [3.63, 3.8) is 0 Å². The Morgan fingerprint density at radius 3 is 2.21 bits per heavy atom. The summed E-state index contributed by atoms with van der Waals surface area (Å²) in [7, 11) is 1.92. The quantitative estimate of drug-likeness (QED) is 0.897. The molecule has 100 valence electrons. The highest BCUT2D eigenvalue weighted by Gasteiger charge is 2.06. The number of nitrogens with one attached hydrogen (secondary N) is 1. The molecule has 0 saturated heterocycles. The van der Waals surface area contributed by atoms with Crippen molar-refractivity contribution in [2.24, 2.45) is 0 Å². The van der Waals surface area contributed by atoms with E-state index in [1.807, 2.05) is 33.0 Å². The molecule has 0 heterocycles. The number of hydrogen-bond donors (Lipinski definition) is 1. The number of aryl methyl sites for hydroxylation is 2. The zero-order chi connectivity index (χ0) is 13.8. The summed E-state index contributed by atoms with van der Waals surface area (Å²) in [6.45, 7) is 4.67. The largest absolute Gasteiger partial charge is 0.457 e. The summed E-state index contributed by atoms with van der Waals surface area (Å²) in [5.74, 6) is 1.24. The number of hydrogen-bond acceptors (Lipinski definition) is 2. The molecule has 2 aromatic carbocycles. The predicted molar refractivity (Wildman–Crippen MR) is 75.2 cm³/mol. The molecular weight excluding hydrogens is 241 g/mol. The molecule has 2 aromatic rings. The second kappa shape index (κ2) is 5.85. The standard InChI is InChI=1S/C16H18FNO/c1-11-8-13(10-18-3)4-6-15(11)19-16-7-5-14(17)9-12(16)2/h4-9,18H,10H2,1-3H3. The Bertz CT molecular complexity index is 581. The molecule has 1 N–H and O–H groups in total. The lowest BCUT2D eigenvalue weighted by atomic mass is 10.1. The molecule has 0 bridgehead atoms. The zero-order valence-corrected chi connectivity index (χ0v) is 11.5. The van der Waals surface area contributed by atoms with Crippen molar-refractivity contribution in [3.8, 4) is 11.5 Å². The molecule has 0 spiro atoms. The third-order valence-corrected chi connectivity index (χ3v) is 2.98. The molecule has 0 aliphatic carbocycles. The van der Waals surface area contributed by atoms with Gasteiger partial charge in [0.05, 0.1) is 0 Å². The first-order chi connectivity index (χ1) is 9.10. The predicted octanol–water partition coefficient (Wildman–Crippen LogP) is 3.95. The van der Waals surface area contributed by atoms with E-state index in [0.29, 0.717) is 5.75 Å². The van der Waals surface area contributed by atoms with Crippen LogP contribution in [0.4, 0.5) is 4.39 Å². The van der Waals surface area contributed by atoms with E-state index in [2.05, 4.69) is 11.4 Å². The second-order valence-electron chi connectivity index (χ2n) is 4.64. The van der Waals surface area contributed by atoms with Gasteiger partial charge in [0, 0.05) is 6.54 Å². The maximum Gasteiger partial charge on any atom is 0.130 e. The van der Waals surface area contributed by atoms with Crippen molar-refractivity contribution in [2.75, 3.05) is 7.05 Å². The Morgan fingerprint density at radius 2 is 1.63 bits per heavy atom. The monoisotopic (exact) mass is 259 g/mol. The van der Waals surface area contributed by atoms with Crippen molar-refractivity contribution < 1.29 is 9.13 Å². The van der Waals surface area contributed by atoms with Gasteiger partial charge in [-0.3, -0.25) is 0 Å². The van der Waals surface area contributed by atoms with Crippen molar-refractivity contribution >= 4 is 0 Å². The van der Waals surface area contributed by atoms with Gasteiger partial charge in [0.2, 0.25) is 0 Å². The van der Waals surface area contributed by atoms with Crippen molar-refractivity contribution in [3.05, 3.63) is 58.9 Å².